The van der Waals surface area contributed by atoms with Crippen LogP contribution >= 0.6 is 0 Å². The molecule has 0 saturated heterocycles. The number of aryl methyl sites for hydroxylation is 1. The van der Waals surface area contributed by atoms with Crippen molar-refractivity contribution >= 4 is 9.84 Å². The molecular weight excluding hydrogens is 272 g/mol. The first kappa shape index (κ1) is 14.7. The first-order chi connectivity index (χ1) is 9.47. The number of nitrogens with one attached hydrogen (secondary N) is 1. The number of pyridine rings is 1. The van der Waals surface area contributed by atoms with E-state index in [1.165, 1.54) is 6.26 Å². The van der Waals surface area contributed by atoms with Crippen molar-refractivity contribution in [2.75, 3.05) is 6.26 Å². The van der Waals surface area contributed by atoms with Gasteiger partial charge in [0.05, 0.1) is 10.6 Å². The van der Waals surface area contributed by atoms with Crippen molar-refractivity contribution in [2.24, 2.45) is 0 Å². The molecule has 0 bridgehead atoms. The topological polar surface area (TPSA) is 59.1 Å². The van der Waals surface area contributed by atoms with E-state index in [9.17, 15) is 8.42 Å². The maximum absolute atomic E-state index is 11.4. The van der Waals surface area contributed by atoms with Crippen molar-refractivity contribution < 1.29 is 8.42 Å². The lowest BCUT2D eigenvalue weighted by Crippen LogP contribution is -2.14. The maximum Gasteiger partial charge on any atom is 0.175 e. The molecule has 106 valence electrons. The molecule has 2 aromatic rings. The fourth-order valence-corrected chi connectivity index (χ4v) is 2.51. The average molecular weight is 290 g/mol. The van der Waals surface area contributed by atoms with E-state index in [0.717, 1.165) is 16.8 Å². The quantitative estimate of drug-likeness (QED) is 0.916. The van der Waals surface area contributed by atoms with E-state index >= 15 is 0 Å². The van der Waals surface area contributed by atoms with Gasteiger partial charge in [0.2, 0.25) is 0 Å². The van der Waals surface area contributed by atoms with Crippen LogP contribution in [0, 0.1) is 6.92 Å². The van der Waals surface area contributed by atoms with Gasteiger partial charge in [0.15, 0.2) is 9.84 Å². The predicted octanol–water partition coefficient (Wildman–Crippen LogP) is 2.08. The molecule has 0 radical (unpaired) electrons. The van der Waals surface area contributed by atoms with Gasteiger partial charge in [0.25, 0.3) is 0 Å². The zero-order chi connectivity index (χ0) is 14.6. The van der Waals surface area contributed by atoms with Crippen molar-refractivity contribution in [3.8, 4) is 0 Å². The molecule has 1 aromatic carbocycles. The third-order valence-corrected chi connectivity index (χ3v) is 4.22. The van der Waals surface area contributed by atoms with Gasteiger partial charge in [0, 0.05) is 25.5 Å². The highest BCUT2D eigenvalue weighted by atomic mass is 32.2. The Labute approximate surface area is 119 Å². The largest absolute Gasteiger partial charge is 0.307 e. The molecule has 20 heavy (non-hydrogen) atoms. The van der Waals surface area contributed by atoms with Crippen molar-refractivity contribution in [1.29, 1.82) is 0 Å². The molecule has 0 aliphatic rings. The van der Waals surface area contributed by atoms with Crippen LogP contribution < -0.4 is 5.32 Å². The average Bonchev–Trinajstić information content (AvgIpc) is 2.40. The number of aromatic nitrogens is 1. The lowest BCUT2D eigenvalue weighted by Gasteiger charge is -2.07. The smallest absolute Gasteiger partial charge is 0.175 e. The second-order valence-corrected chi connectivity index (χ2v) is 6.80. The van der Waals surface area contributed by atoms with Crippen LogP contribution in [0.3, 0.4) is 0 Å². The highest BCUT2D eigenvalue weighted by molar-refractivity contribution is 7.90. The summed E-state index contributed by atoms with van der Waals surface area (Å²) in [6, 6.07) is 10.9. The van der Waals surface area contributed by atoms with E-state index in [2.05, 4.69) is 10.3 Å². The van der Waals surface area contributed by atoms with Gasteiger partial charge in [0.1, 0.15) is 0 Å². The normalized spacial score (nSPS) is 11.5. The Morgan fingerprint density at radius 1 is 1.10 bits per heavy atom. The summed E-state index contributed by atoms with van der Waals surface area (Å²) >= 11 is 0. The first-order valence-corrected chi connectivity index (χ1v) is 8.26. The van der Waals surface area contributed by atoms with Gasteiger partial charge < -0.3 is 5.32 Å². The molecule has 1 heterocycles. The summed E-state index contributed by atoms with van der Waals surface area (Å²) in [6.07, 6.45) is 3.00. The SMILES string of the molecule is Cc1cccnc1CNCc1ccc(S(C)(=O)=O)cc1. The Morgan fingerprint density at radius 2 is 1.80 bits per heavy atom. The molecule has 0 aliphatic heterocycles. The molecule has 0 fully saturated rings. The number of rotatable bonds is 5. The van der Waals surface area contributed by atoms with Crippen LogP contribution in [-0.2, 0) is 22.9 Å². The molecular formula is C15H18N2O2S. The second kappa shape index (κ2) is 6.15. The highest BCUT2D eigenvalue weighted by Gasteiger charge is 2.06. The molecule has 0 unspecified atom stereocenters. The van der Waals surface area contributed by atoms with Crippen LogP contribution in [0.25, 0.3) is 0 Å². The number of sulfone groups is 1. The second-order valence-electron chi connectivity index (χ2n) is 4.79. The van der Waals surface area contributed by atoms with Gasteiger partial charge in [-0.15, -0.1) is 0 Å². The van der Waals surface area contributed by atoms with Crippen molar-refractivity contribution in [3.63, 3.8) is 0 Å². The highest BCUT2D eigenvalue weighted by Crippen LogP contribution is 2.10. The Morgan fingerprint density at radius 3 is 2.40 bits per heavy atom. The summed E-state index contributed by atoms with van der Waals surface area (Å²) < 4.78 is 22.7. The van der Waals surface area contributed by atoms with Gasteiger partial charge in [-0.05, 0) is 36.2 Å². The lowest BCUT2D eigenvalue weighted by atomic mass is 10.2. The van der Waals surface area contributed by atoms with Crippen LogP contribution in [-0.4, -0.2) is 19.7 Å². The van der Waals surface area contributed by atoms with Gasteiger partial charge >= 0.3 is 0 Å². The molecule has 1 N–H and O–H groups in total. The predicted molar refractivity (Wildman–Crippen MR) is 79.1 cm³/mol. The summed E-state index contributed by atoms with van der Waals surface area (Å²) in [5.41, 5.74) is 3.23. The Balaban J connectivity index is 1.94. The minimum atomic E-state index is -3.12. The molecule has 0 spiro atoms. The number of hydrogen-bond donors (Lipinski definition) is 1. The van der Waals surface area contributed by atoms with Crippen molar-refractivity contribution in [1.82, 2.24) is 10.3 Å². The summed E-state index contributed by atoms with van der Waals surface area (Å²) in [4.78, 5) is 4.66. The summed E-state index contributed by atoms with van der Waals surface area (Å²) in [7, 11) is -3.12. The van der Waals surface area contributed by atoms with Gasteiger partial charge in [-0.25, -0.2) is 8.42 Å². The van der Waals surface area contributed by atoms with E-state index < -0.39 is 9.84 Å². The van der Waals surface area contributed by atoms with Crippen LogP contribution in [0.1, 0.15) is 16.8 Å². The molecule has 1 aromatic heterocycles. The minimum absolute atomic E-state index is 0.349. The molecule has 4 nitrogen and oxygen atoms in total. The fraction of sp³-hybridized carbons (Fsp3) is 0.267. The number of hydrogen-bond acceptors (Lipinski definition) is 4. The molecule has 5 heteroatoms. The monoisotopic (exact) mass is 290 g/mol. The zero-order valence-electron chi connectivity index (χ0n) is 11.6. The summed E-state index contributed by atoms with van der Waals surface area (Å²) in [5, 5.41) is 3.31. The van der Waals surface area contributed by atoms with Gasteiger partial charge in [-0.3, -0.25) is 4.98 Å². The van der Waals surface area contributed by atoms with E-state index in [0.29, 0.717) is 18.0 Å². The molecule has 0 atom stereocenters. The standard InChI is InChI=1S/C15H18N2O2S/c1-12-4-3-9-17-15(12)11-16-10-13-5-7-14(8-6-13)20(2,18)19/h3-9,16H,10-11H2,1-2H3. The third-order valence-electron chi connectivity index (χ3n) is 3.09. The third kappa shape index (κ3) is 3.88. The molecule has 0 aliphatic carbocycles. The summed E-state index contributed by atoms with van der Waals surface area (Å²) in [5.74, 6) is 0. The van der Waals surface area contributed by atoms with Crippen molar-refractivity contribution in [2.45, 2.75) is 24.9 Å². The van der Waals surface area contributed by atoms with E-state index in [1.807, 2.05) is 31.2 Å². The van der Waals surface area contributed by atoms with E-state index in [1.54, 1.807) is 18.3 Å². The van der Waals surface area contributed by atoms with Crippen LogP contribution in [0.5, 0.6) is 0 Å². The Hall–Kier alpha value is -1.72. The maximum atomic E-state index is 11.4. The van der Waals surface area contributed by atoms with E-state index in [-0.39, 0.29) is 0 Å². The van der Waals surface area contributed by atoms with E-state index in [4.69, 9.17) is 0 Å². The Bertz CT molecular complexity index is 679. The summed E-state index contributed by atoms with van der Waals surface area (Å²) in [6.45, 7) is 3.41. The fourth-order valence-electron chi connectivity index (χ4n) is 1.88. The zero-order valence-corrected chi connectivity index (χ0v) is 12.4. The van der Waals surface area contributed by atoms with Gasteiger partial charge in [-0.1, -0.05) is 18.2 Å². The number of benzene rings is 1. The van der Waals surface area contributed by atoms with Crippen LogP contribution in [0.4, 0.5) is 0 Å². The van der Waals surface area contributed by atoms with Crippen LogP contribution in [0.2, 0.25) is 0 Å². The minimum Gasteiger partial charge on any atom is -0.307 e. The first-order valence-electron chi connectivity index (χ1n) is 6.37. The van der Waals surface area contributed by atoms with Crippen LogP contribution in [0.15, 0.2) is 47.5 Å². The lowest BCUT2D eigenvalue weighted by molar-refractivity contribution is 0.601. The Kier molecular flexibility index (Phi) is 4.52. The molecule has 0 saturated carbocycles. The number of nitrogens with zero attached hydrogens (tertiary/aromatic N) is 1. The van der Waals surface area contributed by atoms with Crippen molar-refractivity contribution in [3.05, 3.63) is 59.4 Å². The molecule has 2 rings (SSSR count). The molecule has 0 amide bonds. The van der Waals surface area contributed by atoms with Gasteiger partial charge in [-0.2, -0.15) is 0 Å².